The fourth-order valence-electron chi connectivity index (χ4n) is 4.18. The minimum atomic E-state index is -4.26. The Bertz CT molecular complexity index is 1490. The summed E-state index contributed by atoms with van der Waals surface area (Å²) in [4.78, 5) is 28.7. The van der Waals surface area contributed by atoms with Crippen molar-refractivity contribution in [2.24, 2.45) is 0 Å². The third kappa shape index (κ3) is 8.44. The van der Waals surface area contributed by atoms with Crippen molar-refractivity contribution < 1.29 is 22.4 Å². The van der Waals surface area contributed by atoms with Gasteiger partial charge in [0.15, 0.2) is 0 Å². The zero-order valence-corrected chi connectivity index (χ0v) is 25.9. The van der Waals surface area contributed by atoms with E-state index < -0.39 is 45.8 Å². The molecule has 1 N–H and O–H groups in total. The van der Waals surface area contributed by atoms with E-state index in [2.05, 4.69) is 5.32 Å². The fraction of sp³-hybridized carbons (Fsp3) is 0.333. The van der Waals surface area contributed by atoms with Crippen molar-refractivity contribution in [3.63, 3.8) is 0 Å². The standard InChI is InChI=1S/C30H34Cl2FN3O4S/c1-6-27(29(38)34-30(3,4)5)35(18-21-9-10-22(31)17-26(21)32)28(37)19-36(24-13-11-23(33)12-14-24)41(39,40)25-15-7-20(2)8-16-25/h7-17,27H,6,18-19H2,1-5H3,(H,34,38)/t27-/m0/s1. The molecule has 7 nitrogen and oxygen atoms in total. The van der Waals surface area contributed by atoms with Gasteiger partial charge in [-0.15, -0.1) is 0 Å². The molecule has 0 radical (unpaired) electrons. The number of nitrogens with one attached hydrogen (secondary N) is 1. The van der Waals surface area contributed by atoms with Crippen molar-refractivity contribution >= 4 is 50.7 Å². The first kappa shape index (κ1) is 32.4. The average molecular weight is 623 g/mol. The van der Waals surface area contributed by atoms with Crippen molar-refractivity contribution in [2.45, 2.75) is 64.1 Å². The van der Waals surface area contributed by atoms with Crippen molar-refractivity contribution in [3.05, 3.63) is 93.7 Å². The molecule has 0 spiro atoms. The van der Waals surface area contributed by atoms with Crippen molar-refractivity contribution in [2.75, 3.05) is 10.8 Å². The number of hydrogen-bond donors (Lipinski definition) is 1. The predicted octanol–water partition coefficient (Wildman–Crippen LogP) is 6.36. The van der Waals surface area contributed by atoms with E-state index in [4.69, 9.17) is 23.2 Å². The van der Waals surface area contributed by atoms with Crippen LogP contribution in [0.1, 0.15) is 45.2 Å². The molecule has 0 aliphatic rings. The predicted molar refractivity (Wildman–Crippen MR) is 161 cm³/mol. The molecule has 0 fully saturated rings. The molecule has 41 heavy (non-hydrogen) atoms. The number of carbonyl (C=O) groups is 2. The van der Waals surface area contributed by atoms with Gasteiger partial charge in [0, 0.05) is 22.1 Å². The molecule has 0 saturated heterocycles. The zero-order valence-electron chi connectivity index (χ0n) is 23.6. The molecule has 0 saturated carbocycles. The number of sulfonamides is 1. The monoisotopic (exact) mass is 621 g/mol. The van der Waals surface area contributed by atoms with Crippen molar-refractivity contribution in [3.8, 4) is 0 Å². The van der Waals surface area contributed by atoms with E-state index in [1.807, 2.05) is 27.7 Å². The lowest BCUT2D eigenvalue weighted by Gasteiger charge is -2.35. The summed E-state index contributed by atoms with van der Waals surface area (Å²) in [6, 6.07) is 14.9. The molecule has 0 aliphatic carbocycles. The Kier molecular flexibility index (Phi) is 10.4. The summed E-state index contributed by atoms with van der Waals surface area (Å²) < 4.78 is 42.4. The molecule has 0 bridgehead atoms. The van der Waals surface area contributed by atoms with Crippen LogP contribution in [0.2, 0.25) is 10.0 Å². The number of anilines is 1. The van der Waals surface area contributed by atoms with Gasteiger partial charge < -0.3 is 10.2 Å². The molecular formula is C30H34Cl2FN3O4S. The van der Waals surface area contributed by atoms with Crippen LogP contribution in [0.3, 0.4) is 0 Å². The largest absolute Gasteiger partial charge is 0.350 e. The number of halogens is 3. The zero-order chi connectivity index (χ0) is 30.5. The van der Waals surface area contributed by atoms with Gasteiger partial charge in [-0.1, -0.05) is 53.9 Å². The van der Waals surface area contributed by atoms with Crippen LogP contribution in [-0.4, -0.2) is 43.3 Å². The first-order chi connectivity index (χ1) is 19.1. The van der Waals surface area contributed by atoms with E-state index in [1.165, 1.54) is 35.2 Å². The van der Waals surface area contributed by atoms with E-state index in [-0.39, 0.29) is 23.5 Å². The topological polar surface area (TPSA) is 86.8 Å². The van der Waals surface area contributed by atoms with Gasteiger partial charge in [-0.2, -0.15) is 0 Å². The highest BCUT2D eigenvalue weighted by Crippen LogP contribution is 2.27. The minimum Gasteiger partial charge on any atom is -0.350 e. The lowest BCUT2D eigenvalue weighted by molar-refractivity contribution is -0.141. The number of amides is 2. The highest BCUT2D eigenvalue weighted by atomic mass is 35.5. The number of hydrogen-bond acceptors (Lipinski definition) is 4. The second kappa shape index (κ2) is 13.2. The molecule has 11 heteroatoms. The first-order valence-corrected chi connectivity index (χ1v) is 15.2. The number of benzene rings is 3. The Labute approximate surface area is 251 Å². The molecular weight excluding hydrogens is 588 g/mol. The molecule has 3 rings (SSSR count). The smallest absolute Gasteiger partial charge is 0.264 e. The molecule has 0 aromatic heterocycles. The SMILES string of the molecule is CC[C@@H](C(=O)NC(C)(C)C)N(Cc1ccc(Cl)cc1Cl)C(=O)CN(c1ccc(F)cc1)S(=O)(=O)c1ccc(C)cc1. The third-order valence-corrected chi connectivity index (χ3v) is 8.62. The first-order valence-electron chi connectivity index (χ1n) is 13.0. The lowest BCUT2D eigenvalue weighted by Crippen LogP contribution is -2.55. The highest BCUT2D eigenvalue weighted by Gasteiger charge is 2.35. The second-order valence-corrected chi connectivity index (χ2v) is 13.4. The van der Waals surface area contributed by atoms with Gasteiger partial charge in [-0.05, 0) is 88.2 Å². The minimum absolute atomic E-state index is 0.0370. The summed E-state index contributed by atoms with van der Waals surface area (Å²) in [5, 5.41) is 3.61. The van der Waals surface area contributed by atoms with Crippen LogP contribution in [0, 0.1) is 12.7 Å². The fourth-order valence-corrected chi connectivity index (χ4v) is 6.06. The van der Waals surface area contributed by atoms with Gasteiger partial charge in [-0.3, -0.25) is 13.9 Å². The number of aryl methyl sites for hydroxylation is 1. The summed E-state index contributed by atoms with van der Waals surface area (Å²) in [6.45, 7) is 8.33. The van der Waals surface area contributed by atoms with Crippen molar-refractivity contribution in [1.29, 1.82) is 0 Å². The van der Waals surface area contributed by atoms with Crippen LogP contribution in [0.25, 0.3) is 0 Å². The van der Waals surface area contributed by atoms with Crippen LogP contribution in [0.5, 0.6) is 0 Å². The Morgan fingerprint density at radius 3 is 2.12 bits per heavy atom. The quantitative estimate of drug-likeness (QED) is 0.285. The number of rotatable bonds is 10. The summed E-state index contributed by atoms with van der Waals surface area (Å²) in [5.41, 5.74) is 0.902. The van der Waals surface area contributed by atoms with E-state index in [9.17, 15) is 22.4 Å². The summed E-state index contributed by atoms with van der Waals surface area (Å²) in [5.74, 6) is -1.60. The highest BCUT2D eigenvalue weighted by molar-refractivity contribution is 7.92. The van der Waals surface area contributed by atoms with Gasteiger partial charge in [0.25, 0.3) is 10.0 Å². The maximum atomic E-state index is 14.1. The number of carbonyl (C=O) groups excluding carboxylic acids is 2. The maximum Gasteiger partial charge on any atom is 0.264 e. The van der Waals surface area contributed by atoms with Gasteiger partial charge in [0.2, 0.25) is 11.8 Å². The summed E-state index contributed by atoms with van der Waals surface area (Å²) in [7, 11) is -4.26. The van der Waals surface area contributed by atoms with Crippen molar-refractivity contribution in [1.82, 2.24) is 10.2 Å². The van der Waals surface area contributed by atoms with Gasteiger partial charge in [-0.25, -0.2) is 12.8 Å². The Morgan fingerprint density at radius 2 is 1.59 bits per heavy atom. The van der Waals surface area contributed by atoms with Gasteiger partial charge >= 0.3 is 0 Å². The van der Waals surface area contributed by atoms with Crippen LogP contribution < -0.4 is 9.62 Å². The summed E-state index contributed by atoms with van der Waals surface area (Å²) in [6.07, 6.45) is 0.250. The molecule has 220 valence electrons. The molecule has 2 amide bonds. The van der Waals surface area contributed by atoms with Gasteiger partial charge in [0.05, 0.1) is 10.6 Å². The number of nitrogens with zero attached hydrogens (tertiary/aromatic N) is 2. The van der Waals surface area contributed by atoms with E-state index in [1.54, 1.807) is 31.2 Å². The molecule has 0 heterocycles. The normalized spacial score (nSPS) is 12.5. The van der Waals surface area contributed by atoms with Crippen LogP contribution >= 0.6 is 23.2 Å². The Balaban J connectivity index is 2.09. The lowest BCUT2D eigenvalue weighted by atomic mass is 10.1. The van der Waals surface area contributed by atoms with Gasteiger partial charge in [0.1, 0.15) is 18.4 Å². The van der Waals surface area contributed by atoms with Crippen LogP contribution in [0.15, 0.2) is 71.6 Å². The molecule has 3 aromatic carbocycles. The van der Waals surface area contributed by atoms with Crippen LogP contribution in [0.4, 0.5) is 10.1 Å². The van der Waals surface area contributed by atoms with E-state index >= 15 is 0 Å². The van der Waals surface area contributed by atoms with Crippen LogP contribution in [-0.2, 0) is 26.2 Å². The molecule has 3 aromatic rings. The average Bonchev–Trinajstić information content (AvgIpc) is 2.88. The molecule has 1 atom stereocenters. The van der Waals surface area contributed by atoms with E-state index in [0.29, 0.717) is 15.6 Å². The third-order valence-electron chi connectivity index (χ3n) is 6.24. The Morgan fingerprint density at radius 1 is 0.976 bits per heavy atom. The Hall–Kier alpha value is -3.14. The maximum absolute atomic E-state index is 14.1. The van der Waals surface area contributed by atoms with E-state index in [0.717, 1.165) is 22.0 Å². The second-order valence-electron chi connectivity index (χ2n) is 10.7. The molecule has 0 aliphatic heterocycles. The summed E-state index contributed by atoms with van der Waals surface area (Å²) >= 11 is 12.5. The molecule has 0 unspecified atom stereocenters.